The Balaban J connectivity index is 1.07. The zero-order valence-corrected chi connectivity index (χ0v) is 49.4. The highest BCUT2D eigenvalue weighted by molar-refractivity contribution is 7.00. The monoisotopic (exact) mass is 1060 g/mol. The largest absolute Gasteiger partial charge is 0.456 e. The maximum atomic E-state index is 6.39. The summed E-state index contributed by atoms with van der Waals surface area (Å²) in [6, 6.07) is 71.4. The van der Waals surface area contributed by atoms with Gasteiger partial charge in [-0.25, -0.2) is 0 Å². The quantitative estimate of drug-likeness (QED) is 0.148. The van der Waals surface area contributed by atoms with Crippen LogP contribution in [0.3, 0.4) is 0 Å². The summed E-state index contributed by atoms with van der Waals surface area (Å²) in [7, 11) is 0. The first-order valence-corrected chi connectivity index (χ1v) is 29.3. The Kier molecular flexibility index (Phi) is 12.3. The summed E-state index contributed by atoms with van der Waals surface area (Å²) in [5.74, 6) is 0. The van der Waals surface area contributed by atoms with E-state index in [9.17, 15) is 0 Å². The van der Waals surface area contributed by atoms with E-state index in [1.807, 2.05) is 6.07 Å². The fourth-order valence-corrected chi connectivity index (χ4v) is 12.7. The number of para-hydroxylation sites is 1. The average molecular weight is 1060 g/mol. The Bertz CT molecular complexity index is 4150. The van der Waals surface area contributed by atoms with Crippen molar-refractivity contribution < 1.29 is 4.42 Å². The van der Waals surface area contributed by atoms with E-state index in [-0.39, 0.29) is 28.4 Å². The summed E-state index contributed by atoms with van der Waals surface area (Å²) in [4.78, 5) is 7.71. The third-order valence-electron chi connectivity index (χ3n) is 17.3. The van der Waals surface area contributed by atoms with Gasteiger partial charge < -0.3 is 19.1 Å². The van der Waals surface area contributed by atoms with Crippen LogP contribution in [0.25, 0.3) is 44.2 Å². The van der Waals surface area contributed by atoms with Gasteiger partial charge >= 0.3 is 0 Å². The maximum absolute atomic E-state index is 6.39. The molecular weight excluding hydrogens is 982 g/mol. The summed E-state index contributed by atoms with van der Waals surface area (Å²) in [5, 5.41) is 2.28. The van der Waals surface area contributed by atoms with Crippen molar-refractivity contribution in [1.82, 2.24) is 0 Å². The molecule has 0 radical (unpaired) electrons. The number of anilines is 8. The van der Waals surface area contributed by atoms with Gasteiger partial charge in [-0.1, -0.05) is 204 Å². The molecule has 0 fully saturated rings. The molecule has 0 saturated heterocycles. The van der Waals surface area contributed by atoms with E-state index in [1.54, 1.807) is 0 Å². The van der Waals surface area contributed by atoms with E-state index in [0.29, 0.717) is 0 Å². The van der Waals surface area contributed by atoms with E-state index < -0.39 is 0 Å². The molecule has 1 aliphatic carbocycles. The standard InChI is InChI=1S/C76H74BN3O/c1-73(2,3)51-32-38-57(39-33-51)80-66-48-58(78(55-24-17-14-18-25-55)64-42-34-52(74(4,5)6)44-61(64)49-22-15-13-16-23-49)40-41-62(66)77-63-45-53(75(7,8)9)35-43-65(63)79(67-46-54(76(10,11)12)47-68(80)72(67)77)56-36-30-50(31-37-56)59-27-21-29-70-71(59)60-26-19-20-28-69(60)81-70/h13,15-17,19-48H,14,18H2,1-12H3. The first kappa shape index (κ1) is 52.1. The first-order chi connectivity index (χ1) is 38.7. The molecule has 81 heavy (non-hydrogen) atoms. The van der Waals surface area contributed by atoms with Gasteiger partial charge in [0, 0.05) is 61.8 Å². The number of fused-ring (bicyclic) bond motifs is 7. The Morgan fingerprint density at radius 3 is 1.69 bits per heavy atom. The molecule has 0 unspecified atom stereocenters. The molecule has 0 amide bonds. The lowest BCUT2D eigenvalue weighted by atomic mass is 9.33. The lowest BCUT2D eigenvalue weighted by Crippen LogP contribution is -2.61. The predicted molar refractivity (Wildman–Crippen MR) is 348 cm³/mol. The van der Waals surface area contributed by atoms with Crippen molar-refractivity contribution >= 4 is 90.5 Å². The van der Waals surface area contributed by atoms with Crippen LogP contribution in [0.1, 0.15) is 118 Å². The summed E-state index contributed by atoms with van der Waals surface area (Å²) >= 11 is 0. The zero-order chi connectivity index (χ0) is 56.3. The SMILES string of the molecule is CC(C)(C)c1ccc(N2c3cc(N(C4=CCCC=C4)c4ccc(C(C)(C)C)cc4-c4ccccc4)ccc3B3c4cc(C(C)(C)C)ccc4N(c4ccc(-c5cccc6oc7ccccc7c56)cc4)c4cc(C(C)(C)C)cc2c43)cc1. The molecule has 0 spiro atoms. The molecule has 0 saturated carbocycles. The van der Waals surface area contributed by atoms with Crippen molar-refractivity contribution in [1.29, 1.82) is 0 Å². The van der Waals surface area contributed by atoms with Crippen molar-refractivity contribution in [2.45, 2.75) is 118 Å². The third kappa shape index (κ3) is 9.10. The van der Waals surface area contributed by atoms with E-state index in [4.69, 9.17) is 4.42 Å². The Labute approximate surface area is 481 Å². The highest BCUT2D eigenvalue weighted by Gasteiger charge is 2.45. The van der Waals surface area contributed by atoms with Crippen molar-refractivity contribution in [2.24, 2.45) is 0 Å². The minimum absolute atomic E-state index is 0.00794. The van der Waals surface area contributed by atoms with Gasteiger partial charge in [-0.3, -0.25) is 0 Å². The average Bonchev–Trinajstić information content (AvgIpc) is 3.83. The van der Waals surface area contributed by atoms with Gasteiger partial charge in [-0.05, 0) is 175 Å². The Morgan fingerprint density at radius 2 is 1.02 bits per heavy atom. The van der Waals surface area contributed by atoms with Gasteiger partial charge in [0.25, 0.3) is 6.71 Å². The Hall–Kier alpha value is -8.28. The maximum Gasteiger partial charge on any atom is 0.252 e. The van der Waals surface area contributed by atoms with Gasteiger partial charge in [0.1, 0.15) is 11.2 Å². The second-order valence-corrected chi connectivity index (χ2v) is 27.0. The highest BCUT2D eigenvalue weighted by atomic mass is 16.3. The van der Waals surface area contributed by atoms with Crippen LogP contribution in [-0.2, 0) is 21.7 Å². The summed E-state index contributed by atoms with van der Waals surface area (Å²) < 4.78 is 6.39. The predicted octanol–water partition coefficient (Wildman–Crippen LogP) is 19.6. The topological polar surface area (TPSA) is 22.9 Å². The van der Waals surface area contributed by atoms with Gasteiger partial charge in [0.2, 0.25) is 0 Å². The second-order valence-electron chi connectivity index (χ2n) is 27.0. The Morgan fingerprint density at radius 1 is 0.432 bits per heavy atom. The molecule has 0 N–H and O–H groups in total. The van der Waals surface area contributed by atoms with E-state index in [2.05, 4.69) is 298 Å². The fraction of sp³-hybridized carbons (Fsp3) is 0.237. The summed E-state index contributed by atoms with van der Waals surface area (Å²) in [5.41, 5.74) is 26.0. The highest BCUT2D eigenvalue weighted by Crippen LogP contribution is 2.50. The van der Waals surface area contributed by atoms with Crippen LogP contribution in [0, 0.1) is 0 Å². The van der Waals surface area contributed by atoms with Gasteiger partial charge in [0.05, 0.1) is 5.69 Å². The van der Waals surface area contributed by atoms with Crippen LogP contribution in [0.5, 0.6) is 0 Å². The number of rotatable bonds is 7. The van der Waals surface area contributed by atoms with Crippen LogP contribution < -0.4 is 31.1 Å². The van der Waals surface area contributed by atoms with Gasteiger partial charge in [-0.15, -0.1) is 0 Å². The molecule has 9 aromatic carbocycles. The van der Waals surface area contributed by atoms with E-state index in [1.165, 1.54) is 83.8 Å². The van der Waals surface area contributed by atoms with Crippen molar-refractivity contribution in [3.63, 3.8) is 0 Å². The van der Waals surface area contributed by atoms with Crippen LogP contribution in [0.15, 0.2) is 216 Å². The normalized spacial score (nSPS) is 14.3. The minimum Gasteiger partial charge on any atom is -0.456 e. The first-order valence-electron chi connectivity index (χ1n) is 29.3. The molecule has 2 aliphatic heterocycles. The third-order valence-corrected chi connectivity index (χ3v) is 17.3. The smallest absolute Gasteiger partial charge is 0.252 e. The van der Waals surface area contributed by atoms with Gasteiger partial charge in [-0.2, -0.15) is 0 Å². The summed E-state index contributed by atoms with van der Waals surface area (Å²) in [6.07, 6.45) is 9.12. The molecule has 3 aliphatic rings. The fourth-order valence-electron chi connectivity index (χ4n) is 12.7. The number of allylic oxidation sites excluding steroid dienone is 3. The number of benzene rings is 9. The zero-order valence-electron chi connectivity index (χ0n) is 49.4. The molecule has 4 nitrogen and oxygen atoms in total. The van der Waals surface area contributed by atoms with Crippen LogP contribution in [0.2, 0.25) is 0 Å². The van der Waals surface area contributed by atoms with Crippen molar-refractivity contribution in [2.75, 3.05) is 14.7 Å². The van der Waals surface area contributed by atoms with E-state index >= 15 is 0 Å². The molecule has 5 heteroatoms. The van der Waals surface area contributed by atoms with E-state index in [0.717, 1.165) is 63.1 Å². The number of furan rings is 1. The molecule has 1 aromatic heterocycles. The molecule has 3 heterocycles. The molecular formula is C76H74BN3O. The minimum atomic E-state index is -0.174. The molecule has 13 rings (SSSR count). The second kappa shape index (κ2) is 19.2. The molecule has 10 aromatic rings. The summed E-state index contributed by atoms with van der Waals surface area (Å²) in [6.45, 7) is 27.9. The molecule has 0 bridgehead atoms. The lowest BCUT2D eigenvalue weighted by molar-refractivity contribution is 0.590. The van der Waals surface area contributed by atoms with Crippen LogP contribution in [0.4, 0.5) is 45.5 Å². The van der Waals surface area contributed by atoms with Crippen molar-refractivity contribution in [3.8, 4) is 22.3 Å². The number of nitrogens with zero attached hydrogens (tertiary/aromatic N) is 3. The number of hydrogen-bond donors (Lipinski definition) is 0. The molecule has 402 valence electrons. The van der Waals surface area contributed by atoms with Gasteiger partial charge in [0.15, 0.2) is 0 Å². The van der Waals surface area contributed by atoms with Crippen LogP contribution >= 0.6 is 0 Å². The number of hydrogen-bond acceptors (Lipinski definition) is 4. The molecule has 0 atom stereocenters. The van der Waals surface area contributed by atoms with Crippen LogP contribution in [-0.4, -0.2) is 6.71 Å². The van der Waals surface area contributed by atoms with Crippen molar-refractivity contribution in [3.05, 3.63) is 234 Å². The lowest BCUT2D eigenvalue weighted by Gasteiger charge is -2.45.